The van der Waals surface area contributed by atoms with Crippen LogP contribution in [0.15, 0.2) is 46.8 Å². The Hall–Kier alpha value is -1.32. The lowest BCUT2D eigenvalue weighted by Gasteiger charge is -2.11. The fourth-order valence-corrected chi connectivity index (χ4v) is 2.87. The van der Waals surface area contributed by atoms with Gasteiger partial charge in [-0.2, -0.15) is 0 Å². The van der Waals surface area contributed by atoms with Gasteiger partial charge in [0.2, 0.25) is 5.91 Å². The zero-order valence-corrected chi connectivity index (χ0v) is 18.5. The molecule has 2 rings (SSSR count). The number of nitrogens with one attached hydrogen (secondary N) is 3. The van der Waals surface area contributed by atoms with Gasteiger partial charge in [-0.1, -0.05) is 17.7 Å². The Bertz CT molecular complexity index is 677. The Morgan fingerprint density at radius 1 is 1.19 bits per heavy atom. The van der Waals surface area contributed by atoms with Gasteiger partial charge in [-0.3, -0.25) is 4.79 Å². The Morgan fingerprint density at radius 2 is 1.96 bits per heavy atom. The monoisotopic (exact) mass is 506 g/mol. The van der Waals surface area contributed by atoms with Gasteiger partial charge in [0.15, 0.2) is 5.96 Å². The third-order valence-electron chi connectivity index (χ3n) is 3.32. The molecule has 0 atom stereocenters. The third kappa shape index (κ3) is 8.86. The van der Waals surface area contributed by atoms with Crippen molar-refractivity contribution in [3.63, 3.8) is 0 Å². The second-order valence-electron chi connectivity index (χ2n) is 5.36. The maximum absolute atomic E-state index is 11.9. The lowest BCUT2D eigenvalue weighted by molar-refractivity contribution is -0.116. The number of nitrogens with zero attached hydrogens (tertiary/aromatic N) is 1. The van der Waals surface area contributed by atoms with E-state index in [1.807, 2.05) is 18.4 Å². The summed E-state index contributed by atoms with van der Waals surface area (Å²) in [5.41, 5.74) is 0.758. The Morgan fingerprint density at radius 3 is 2.62 bits per heavy atom. The molecule has 0 aliphatic rings. The van der Waals surface area contributed by atoms with E-state index in [4.69, 9.17) is 11.6 Å². The fourth-order valence-electron chi connectivity index (χ4n) is 2.11. The Labute approximate surface area is 180 Å². The summed E-state index contributed by atoms with van der Waals surface area (Å²) in [7, 11) is 0. The van der Waals surface area contributed by atoms with Gasteiger partial charge < -0.3 is 16.0 Å². The van der Waals surface area contributed by atoms with Crippen LogP contribution in [-0.2, 0) is 11.3 Å². The first-order chi connectivity index (χ1) is 12.2. The van der Waals surface area contributed by atoms with Crippen LogP contribution in [-0.4, -0.2) is 25.0 Å². The molecule has 0 fully saturated rings. The Balaban J connectivity index is 0.00000338. The van der Waals surface area contributed by atoms with E-state index in [0.717, 1.165) is 24.6 Å². The summed E-state index contributed by atoms with van der Waals surface area (Å²) < 4.78 is 0. The van der Waals surface area contributed by atoms with E-state index >= 15 is 0 Å². The van der Waals surface area contributed by atoms with Gasteiger partial charge in [-0.15, -0.1) is 35.3 Å². The van der Waals surface area contributed by atoms with Crippen molar-refractivity contribution in [2.75, 3.05) is 18.4 Å². The summed E-state index contributed by atoms with van der Waals surface area (Å²) in [5.74, 6) is 0.763. The van der Waals surface area contributed by atoms with Crippen molar-refractivity contribution in [1.82, 2.24) is 10.6 Å². The molecule has 0 radical (unpaired) electrons. The van der Waals surface area contributed by atoms with Gasteiger partial charge in [0.05, 0.1) is 6.54 Å². The molecule has 1 aromatic heterocycles. The van der Waals surface area contributed by atoms with Gasteiger partial charge in [-0.05, 0) is 49.1 Å². The number of thiophene rings is 1. The maximum Gasteiger partial charge on any atom is 0.224 e. The molecule has 1 heterocycles. The van der Waals surface area contributed by atoms with Crippen LogP contribution >= 0.6 is 46.9 Å². The van der Waals surface area contributed by atoms with E-state index < -0.39 is 0 Å². The molecular weight excluding hydrogens is 483 g/mol. The first-order valence-electron chi connectivity index (χ1n) is 8.27. The molecular formula is C18H24ClIN4OS. The average molecular weight is 507 g/mol. The van der Waals surface area contributed by atoms with Crippen molar-refractivity contribution in [2.45, 2.75) is 26.3 Å². The highest BCUT2D eigenvalue weighted by atomic mass is 127. The number of guanidine groups is 1. The minimum absolute atomic E-state index is 0. The zero-order chi connectivity index (χ0) is 17.9. The van der Waals surface area contributed by atoms with Crippen LogP contribution in [0.25, 0.3) is 0 Å². The molecule has 0 saturated carbocycles. The van der Waals surface area contributed by atoms with Gasteiger partial charge in [0.1, 0.15) is 0 Å². The minimum atomic E-state index is -0.00959. The highest BCUT2D eigenvalue weighted by molar-refractivity contribution is 14.0. The van der Waals surface area contributed by atoms with Crippen LogP contribution in [0.5, 0.6) is 0 Å². The molecule has 26 heavy (non-hydrogen) atoms. The highest BCUT2D eigenvalue weighted by Gasteiger charge is 2.03. The molecule has 5 nitrogen and oxygen atoms in total. The van der Waals surface area contributed by atoms with Crippen molar-refractivity contribution in [1.29, 1.82) is 0 Å². The number of hydrogen-bond acceptors (Lipinski definition) is 3. The topological polar surface area (TPSA) is 65.5 Å². The third-order valence-corrected chi connectivity index (χ3v) is 4.43. The summed E-state index contributed by atoms with van der Waals surface area (Å²) in [6, 6.07) is 11.2. The second kappa shape index (κ2) is 12.9. The van der Waals surface area contributed by atoms with Crippen molar-refractivity contribution in [2.24, 2.45) is 4.99 Å². The molecule has 0 aliphatic heterocycles. The number of benzene rings is 1. The highest BCUT2D eigenvalue weighted by Crippen LogP contribution is 2.13. The van der Waals surface area contributed by atoms with Gasteiger partial charge in [0.25, 0.3) is 0 Å². The van der Waals surface area contributed by atoms with Crippen molar-refractivity contribution < 1.29 is 4.79 Å². The van der Waals surface area contributed by atoms with Crippen molar-refractivity contribution in [3.8, 4) is 0 Å². The number of anilines is 1. The summed E-state index contributed by atoms with van der Waals surface area (Å²) in [6.45, 7) is 4.17. The molecule has 1 aromatic carbocycles. The van der Waals surface area contributed by atoms with Gasteiger partial charge in [0, 0.05) is 35.1 Å². The molecule has 1 amide bonds. The normalized spacial score (nSPS) is 10.8. The average Bonchev–Trinajstić information content (AvgIpc) is 3.12. The summed E-state index contributed by atoms with van der Waals surface area (Å²) >= 11 is 7.52. The smallest absolute Gasteiger partial charge is 0.224 e. The van der Waals surface area contributed by atoms with Crippen LogP contribution in [0, 0.1) is 0 Å². The number of hydrogen-bond donors (Lipinski definition) is 3. The van der Waals surface area contributed by atoms with Gasteiger partial charge in [-0.25, -0.2) is 4.99 Å². The van der Waals surface area contributed by atoms with Gasteiger partial charge >= 0.3 is 0 Å². The number of carbonyl (C=O) groups excluding carboxylic acids is 1. The SMILES string of the molecule is CCNC(=NCc1cccs1)NCCCC(=O)Nc1ccc(Cl)cc1.I. The molecule has 8 heteroatoms. The lowest BCUT2D eigenvalue weighted by atomic mass is 10.2. The van der Waals surface area contributed by atoms with E-state index in [9.17, 15) is 4.79 Å². The van der Waals surface area contributed by atoms with E-state index in [1.54, 1.807) is 35.6 Å². The van der Waals surface area contributed by atoms with Crippen LogP contribution < -0.4 is 16.0 Å². The second-order valence-corrected chi connectivity index (χ2v) is 6.83. The molecule has 2 aromatic rings. The first kappa shape index (κ1) is 22.7. The standard InChI is InChI=1S/C18H23ClN4OS.HI/c1-2-20-18(22-13-16-5-4-12-25-16)21-11-3-6-17(24)23-15-9-7-14(19)8-10-15;/h4-5,7-10,12H,2-3,6,11,13H2,1H3,(H,23,24)(H2,20,21,22);1H. The number of rotatable bonds is 8. The van der Waals surface area contributed by atoms with Crippen molar-refractivity contribution in [3.05, 3.63) is 51.7 Å². The minimum Gasteiger partial charge on any atom is -0.357 e. The summed E-state index contributed by atoms with van der Waals surface area (Å²) in [5, 5.41) is 12.0. The van der Waals surface area contributed by atoms with E-state index in [1.165, 1.54) is 4.88 Å². The molecule has 0 bridgehead atoms. The number of amides is 1. The van der Waals surface area contributed by atoms with E-state index in [2.05, 4.69) is 27.0 Å². The predicted molar refractivity (Wildman–Crippen MR) is 122 cm³/mol. The number of aliphatic imine (C=N–C) groups is 1. The van der Waals surface area contributed by atoms with Crippen LogP contribution in [0.2, 0.25) is 5.02 Å². The molecule has 0 saturated heterocycles. The number of halogens is 2. The lowest BCUT2D eigenvalue weighted by Crippen LogP contribution is -2.38. The number of carbonyl (C=O) groups is 1. The van der Waals surface area contributed by atoms with Crippen LogP contribution in [0.4, 0.5) is 5.69 Å². The van der Waals surface area contributed by atoms with E-state index in [0.29, 0.717) is 24.5 Å². The van der Waals surface area contributed by atoms with Crippen LogP contribution in [0.1, 0.15) is 24.6 Å². The maximum atomic E-state index is 11.9. The zero-order valence-electron chi connectivity index (χ0n) is 14.6. The van der Waals surface area contributed by atoms with Crippen molar-refractivity contribution >= 4 is 64.5 Å². The molecule has 0 aliphatic carbocycles. The largest absolute Gasteiger partial charge is 0.357 e. The first-order valence-corrected chi connectivity index (χ1v) is 9.53. The Kier molecular flexibility index (Phi) is 11.3. The predicted octanol–water partition coefficient (Wildman–Crippen LogP) is 4.49. The molecule has 3 N–H and O–H groups in total. The van der Waals surface area contributed by atoms with Crippen LogP contribution in [0.3, 0.4) is 0 Å². The fraction of sp³-hybridized carbons (Fsp3) is 0.333. The van der Waals surface area contributed by atoms with E-state index in [-0.39, 0.29) is 29.9 Å². The summed E-state index contributed by atoms with van der Waals surface area (Å²) in [6.07, 6.45) is 1.17. The summed E-state index contributed by atoms with van der Waals surface area (Å²) in [4.78, 5) is 17.7. The molecule has 142 valence electrons. The quantitative estimate of drug-likeness (QED) is 0.214. The molecule has 0 spiro atoms. The molecule has 0 unspecified atom stereocenters.